The first-order valence-corrected chi connectivity index (χ1v) is 6.02. The summed E-state index contributed by atoms with van der Waals surface area (Å²) in [5, 5.41) is 0. The first-order chi connectivity index (χ1) is 9.04. The van der Waals surface area contributed by atoms with Gasteiger partial charge in [-0.1, -0.05) is 30.3 Å². The van der Waals surface area contributed by atoms with Gasteiger partial charge in [0.05, 0.1) is 13.0 Å². The number of benzene rings is 1. The Hall–Kier alpha value is -2.17. The molecule has 0 aliphatic rings. The maximum absolute atomic E-state index is 11.8. The fourth-order valence-corrected chi connectivity index (χ4v) is 1.50. The number of hydrogen-bond acceptors (Lipinski definition) is 4. The highest BCUT2D eigenvalue weighted by molar-refractivity contribution is 6.36. The molecule has 0 heterocycles. The summed E-state index contributed by atoms with van der Waals surface area (Å²) < 4.78 is 4.54. The lowest BCUT2D eigenvalue weighted by molar-refractivity contribution is -0.155. The third-order valence-electron chi connectivity index (χ3n) is 2.50. The highest BCUT2D eigenvalue weighted by Crippen LogP contribution is 2.04. The number of rotatable bonds is 6. The molecule has 0 N–H and O–H groups in total. The second kappa shape index (κ2) is 7.31. The fourth-order valence-electron chi connectivity index (χ4n) is 1.50. The first kappa shape index (κ1) is 14.9. The van der Waals surface area contributed by atoms with Crippen molar-refractivity contribution in [1.82, 2.24) is 4.90 Å². The van der Waals surface area contributed by atoms with Gasteiger partial charge in [0.1, 0.15) is 0 Å². The van der Waals surface area contributed by atoms with Gasteiger partial charge >= 0.3 is 5.97 Å². The van der Waals surface area contributed by atoms with Gasteiger partial charge in [-0.05, 0) is 12.5 Å². The van der Waals surface area contributed by atoms with Crippen LogP contribution in [-0.4, -0.2) is 36.2 Å². The van der Waals surface area contributed by atoms with E-state index in [-0.39, 0.29) is 6.61 Å². The van der Waals surface area contributed by atoms with E-state index in [0.29, 0.717) is 6.54 Å². The molecule has 0 aromatic heterocycles. The van der Waals surface area contributed by atoms with Crippen LogP contribution in [0, 0.1) is 0 Å². The fraction of sp³-hybridized carbons (Fsp3) is 0.357. The second-order valence-corrected chi connectivity index (χ2v) is 4.06. The molecule has 1 aromatic carbocycles. The molecule has 0 aliphatic carbocycles. The van der Waals surface area contributed by atoms with Crippen molar-refractivity contribution >= 4 is 17.7 Å². The summed E-state index contributed by atoms with van der Waals surface area (Å²) in [7, 11) is 1.59. The quantitative estimate of drug-likeness (QED) is 0.439. The van der Waals surface area contributed by atoms with Crippen LogP contribution in [0.4, 0.5) is 0 Å². The number of nitrogens with zero attached hydrogens (tertiary/aromatic N) is 1. The predicted octanol–water partition coefficient (Wildman–Crippen LogP) is 1.17. The van der Waals surface area contributed by atoms with Crippen LogP contribution in [0.25, 0.3) is 0 Å². The normalized spacial score (nSPS) is 9.79. The van der Waals surface area contributed by atoms with Crippen molar-refractivity contribution in [1.29, 1.82) is 0 Å². The van der Waals surface area contributed by atoms with Gasteiger partial charge in [-0.3, -0.25) is 9.59 Å². The van der Waals surface area contributed by atoms with E-state index in [2.05, 4.69) is 4.74 Å². The molecule has 0 spiro atoms. The van der Waals surface area contributed by atoms with Crippen LogP contribution in [-0.2, 0) is 25.7 Å². The molecule has 0 bridgehead atoms. The van der Waals surface area contributed by atoms with E-state index in [4.69, 9.17) is 0 Å². The van der Waals surface area contributed by atoms with Crippen LogP contribution in [0.5, 0.6) is 0 Å². The molecule has 1 amide bonds. The zero-order valence-corrected chi connectivity index (χ0v) is 11.1. The summed E-state index contributed by atoms with van der Waals surface area (Å²) in [6.07, 6.45) is -0.456. The standard InChI is InChI=1S/C14H17NO4/c1-3-19-14(18)12(16)9-13(17)15(2)10-11-7-5-4-6-8-11/h4-8H,3,9-10H2,1-2H3. The van der Waals surface area contributed by atoms with Gasteiger partial charge in [0.25, 0.3) is 0 Å². The Labute approximate surface area is 112 Å². The number of carbonyl (C=O) groups is 3. The third-order valence-corrected chi connectivity index (χ3v) is 2.50. The maximum atomic E-state index is 11.8. The van der Waals surface area contributed by atoms with Crippen molar-refractivity contribution < 1.29 is 19.1 Å². The number of ketones is 1. The Morgan fingerprint density at radius 3 is 2.37 bits per heavy atom. The molecule has 0 saturated carbocycles. The Morgan fingerprint density at radius 2 is 1.79 bits per heavy atom. The van der Waals surface area contributed by atoms with Gasteiger partial charge in [0, 0.05) is 13.6 Å². The summed E-state index contributed by atoms with van der Waals surface area (Å²) in [5.41, 5.74) is 0.960. The molecule has 5 heteroatoms. The number of esters is 1. The van der Waals surface area contributed by atoms with Gasteiger partial charge in [-0.15, -0.1) is 0 Å². The molecule has 0 atom stereocenters. The van der Waals surface area contributed by atoms with E-state index in [0.717, 1.165) is 5.56 Å². The lowest BCUT2D eigenvalue weighted by atomic mass is 10.2. The van der Waals surface area contributed by atoms with E-state index in [1.54, 1.807) is 14.0 Å². The lowest BCUT2D eigenvalue weighted by Crippen LogP contribution is -2.30. The molecule has 0 unspecified atom stereocenters. The van der Waals surface area contributed by atoms with Crippen LogP contribution in [0.1, 0.15) is 18.9 Å². The number of amides is 1. The Bertz CT molecular complexity index is 456. The molecule has 1 rings (SSSR count). The monoisotopic (exact) mass is 263 g/mol. The van der Waals surface area contributed by atoms with E-state index in [1.807, 2.05) is 30.3 Å². The minimum Gasteiger partial charge on any atom is -0.460 e. The molecular weight excluding hydrogens is 246 g/mol. The van der Waals surface area contributed by atoms with Crippen molar-refractivity contribution in [2.45, 2.75) is 19.9 Å². The van der Waals surface area contributed by atoms with E-state index < -0.39 is 24.1 Å². The summed E-state index contributed by atoms with van der Waals surface area (Å²) in [6.45, 7) is 2.13. The smallest absolute Gasteiger partial charge is 0.375 e. The van der Waals surface area contributed by atoms with Gasteiger partial charge < -0.3 is 9.64 Å². The topological polar surface area (TPSA) is 63.7 Å². The molecule has 0 saturated heterocycles. The number of carbonyl (C=O) groups excluding carboxylic acids is 3. The van der Waals surface area contributed by atoms with Crippen LogP contribution in [0.3, 0.4) is 0 Å². The summed E-state index contributed by atoms with van der Waals surface area (Å²) in [4.78, 5) is 35.7. The summed E-state index contributed by atoms with van der Waals surface area (Å²) in [6, 6.07) is 9.40. The van der Waals surface area contributed by atoms with Gasteiger partial charge in [-0.25, -0.2) is 4.79 Å². The molecule has 1 aromatic rings. The molecule has 102 valence electrons. The Morgan fingerprint density at radius 1 is 1.16 bits per heavy atom. The SMILES string of the molecule is CCOC(=O)C(=O)CC(=O)N(C)Cc1ccccc1. The molecule has 0 fully saturated rings. The van der Waals surface area contributed by atoms with Crippen molar-refractivity contribution in [2.24, 2.45) is 0 Å². The molecule has 5 nitrogen and oxygen atoms in total. The summed E-state index contributed by atoms with van der Waals surface area (Å²) >= 11 is 0. The largest absolute Gasteiger partial charge is 0.460 e. The average Bonchev–Trinajstić information content (AvgIpc) is 2.40. The van der Waals surface area contributed by atoms with Crippen LogP contribution in [0.2, 0.25) is 0 Å². The average molecular weight is 263 g/mol. The number of hydrogen-bond donors (Lipinski definition) is 0. The van der Waals surface area contributed by atoms with Gasteiger partial charge in [0.15, 0.2) is 0 Å². The second-order valence-electron chi connectivity index (χ2n) is 4.06. The van der Waals surface area contributed by atoms with Gasteiger partial charge in [0.2, 0.25) is 11.7 Å². The minimum atomic E-state index is -0.955. The Balaban J connectivity index is 2.49. The Kier molecular flexibility index (Phi) is 5.73. The molecular formula is C14H17NO4. The van der Waals surface area contributed by atoms with E-state index in [1.165, 1.54) is 4.90 Å². The minimum absolute atomic E-state index is 0.124. The molecule has 19 heavy (non-hydrogen) atoms. The molecule has 0 aliphatic heterocycles. The van der Waals surface area contributed by atoms with Crippen molar-refractivity contribution in [2.75, 3.05) is 13.7 Å². The van der Waals surface area contributed by atoms with Crippen LogP contribution < -0.4 is 0 Å². The highest BCUT2D eigenvalue weighted by Gasteiger charge is 2.21. The number of ether oxygens (including phenoxy) is 1. The van der Waals surface area contributed by atoms with Crippen molar-refractivity contribution in [3.8, 4) is 0 Å². The van der Waals surface area contributed by atoms with Crippen molar-refractivity contribution in [3.05, 3.63) is 35.9 Å². The van der Waals surface area contributed by atoms with Gasteiger partial charge in [-0.2, -0.15) is 0 Å². The zero-order chi connectivity index (χ0) is 14.3. The van der Waals surface area contributed by atoms with Crippen LogP contribution >= 0.6 is 0 Å². The number of Topliss-reactive ketones (excluding diaryl/α,β-unsaturated/α-hetero) is 1. The maximum Gasteiger partial charge on any atom is 0.375 e. The third kappa shape index (κ3) is 4.91. The lowest BCUT2D eigenvalue weighted by Gasteiger charge is -2.16. The van der Waals surface area contributed by atoms with E-state index in [9.17, 15) is 14.4 Å². The van der Waals surface area contributed by atoms with Crippen LogP contribution in [0.15, 0.2) is 30.3 Å². The van der Waals surface area contributed by atoms with Crippen molar-refractivity contribution in [3.63, 3.8) is 0 Å². The van der Waals surface area contributed by atoms with E-state index >= 15 is 0 Å². The summed E-state index contributed by atoms with van der Waals surface area (Å²) in [5.74, 6) is -2.17. The zero-order valence-electron chi connectivity index (χ0n) is 11.1. The highest BCUT2D eigenvalue weighted by atomic mass is 16.5. The first-order valence-electron chi connectivity index (χ1n) is 6.02. The molecule has 0 radical (unpaired) electrons. The predicted molar refractivity (Wildman–Crippen MR) is 69.2 cm³/mol.